The normalized spacial score (nSPS) is 15.4. The zero-order valence-electron chi connectivity index (χ0n) is 10.2. The third-order valence-electron chi connectivity index (χ3n) is 2.99. The highest BCUT2D eigenvalue weighted by atomic mass is 16.6. The monoisotopic (exact) mass is 281 g/mol. The van der Waals surface area contributed by atoms with Crippen LogP contribution in [0.5, 0.6) is 0 Å². The van der Waals surface area contributed by atoms with E-state index in [4.69, 9.17) is 5.11 Å². The fraction of sp³-hybridized carbons (Fsp3) is 0.364. The number of amides is 1. The average Bonchev–Trinajstić information content (AvgIpc) is 3.19. The molecule has 1 atom stereocenters. The Morgan fingerprint density at radius 2 is 2.15 bits per heavy atom. The molecular weight excluding hydrogens is 270 g/mol. The summed E-state index contributed by atoms with van der Waals surface area (Å²) in [7, 11) is 0. The number of carbonyl (C=O) groups excluding carboxylic acids is 1. The smallest absolute Gasteiger partial charge is 0.326 e. The molecule has 0 aromatic carbocycles. The predicted molar refractivity (Wildman–Crippen MR) is 65.3 cm³/mol. The summed E-state index contributed by atoms with van der Waals surface area (Å²) in [6.45, 7) is 0. The lowest BCUT2D eigenvalue weighted by Crippen LogP contribution is -2.43. The van der Waals surface area contributed by atoms with Crippen LogP contribution in [0, 0.1) is 16.0 Å². The van der Waals surface area contributed by atoms with Crippen LogP contribution >= 0.6 is 0 Å². The quantitative estimate of drug-likeness (QED) is 0.507. The molecule has 1 aromatic rings. The van der Waals surface area contributed by atoms with Gasteiger partial charge in [0.1, 0.15) is 11.6 Å². The van der Waals surface area contributed by atoms with Crippen molar-refractivity contribution in [1.29, 1.82) is 0 Å². The number of H-pyrrole nitrogens is 1. The van der Waals surface area contributed by atoms with Crippen LogP contribution < -0.4 is 10.9 Å². The molecule has 106 valence electrons. The SMILES string of the molecule is O=C(NC(C(=O)O)C1CC1)c1cc([N+](=O)[O-])c[nH]c1=O. The van der Waals surface area contributed by atoms with Crippen molar-refractivity contribution in [2.45, 2.75) is 18.9 Å². The van der Waals surface area contributed by atoms with Gasteiger partial charge in [0.15, 0.2) is 0 Å². The molecule has 9 heteroatoms. The number of hydrogen-bond donors (Lipinski definition) is 3. The van der Waals surface area contributed by atoms with Gasteiger partial charge in [-0.3, -0.25) is 19.7 Å². The lowest BCUT2D eigenvalue weighted by atomic mass is 10.1. The second-order valence-electron chi connectivity index (χ2n) is 4.48. The third-order valence-corrected chi connectivity index (χ3v) is 2.99. The molecule has 1 amide bonds. The molecule has 1 aromatic heterocycles. The average molecular weight is 281 g/mol. The van der Waals surface area contributed by atoms with Gasteiger partial charge in [0.25, 0.3) is 17.2 Å². The van der Waals surface area contributed by atoms with Gasteiger partial charge in [0.05, 0.1) is 11.1 Å². The molecule has 2 rings (SSSR count). The Morgan fingerprint density at radius 1 is 1.50 bits per heavy atom. The summed E-state index contributed by atoms with van der Waals surface area (Å²) in [6.07, 6.45) is 2.24. The van der Waals surface area contributed by atoms with E-state index < -0.39 is 39.7 Å². The van der Waals surface area contributed by atoms with E-state index in [1.54, 1.807) is 0 Å². The molecule has 1 aliphatic carbocycles. The van der Waals surface area contributed by atoms with E-state index in [9.17, 15) is 24.5 Å². The van der Waals surface area contributed by atoms with E-state index >= 15 is 0 Å². The minimum atomic E-state index is -1.19. The van der Waals surface area contributed by atoms with Crippen molar-refractivity contribution in [2.75, 3.05) is 0 Å². The maximum absolute atomic E-state index is 11.9. The van der Waals surface area contributed by atoms with Crippen molar-refractivity contribution in [1.82, 2.24) is 10.3 Å². The topological polar surface area (TPSA) is 142 Å². The summed E-state index contributed by atoms with van der Waals surface area (Å²) in [4.78, 5) is 46.3. The molecule has 9 nitrogen and oxygen atoms in total. The van der Waals surface area contributed by atoms with Crippen molar-refractivity contribution in [2.24, 2.45) is 5.92 Å². The van der Waals surface area contributed by atoms with Gasteiger partial charge in [-0.05, 0) is 18.8 Å². The number of hydrogen-bond acceptors (Lipinski definition) is 5. The molecule has 0 aliphatic heterocycles. The molecule has 0 bridgehead atoms. The minimum absolute atomic E-state index is 0.158. The molecule has 1 heterocycles. The summed E-state index contributed by atoms with van der Waals surface area (Å²) in [5.41, 5.74) is -1.74. The van der Waals surface area contributed by atoms with Crippen LogP contribution in [0.4, 0.5) is 5.69 Å². The lowest BCUT2D eigenvalue weighted by Gasteiger charge is -2.12. The van der Waals surface area contributed by atoms with Crippen LogP contribution in [0.1, 0.15) is 23.2 Å². The Bertz CT molecular complexity index is 633. The van der Waals surface area contributed by atoms with Gasteiger partial charge in [-0.15, -0.1) is 0 Å². The Balaban J connectivity index is 2.24. The van der Waals surface area contributed by atoms with E-state index in [-0.39, 0.29) is 5.92 Å². The van der Waals surface area contributed by atoms with Crippen molar-refractivity contribution in [3.8, 4) is 0 Å². The highest BCUT2D eigenvalue weighted by Crippen LogP contribution is 2.32. The number of nitrogens with one attached hydrogen (secondary N) is 2. The van der Waals surface area contributed by atoms with E-state index in [0.29, 0.717) is 12.8 Å². The van der Waals surface area contributed by atoms with Gasteiger partial charge in [-0.25, -0.2) is 4.79 Å². The predicted octanol–water partition coefficient (Wildman–Crippen LogP) is -0.124. The second-order valence-corrected chi connectivity index (χ2v) is 4.48. The maximum Gasteiger partial charge on any atom is 0.326 e. The number of pyridine rings is 1. The van der Waals surface area contributed by atoms with Crippen LogP contribution in [-0.2, 0) is 4.79 Å². The van der Waals surface area contributed by atoms with E-state index in [1.807, 2.05) is 0 Å². The van der Waals surface area contributed by atoms with E-state index in [2.05, 4.69) is 10.3 Å². The molecule has 0 spiro atoms. The minimum Gasteiger partial charge on any atom is -0.480 e. The molecule has 1 unspecified atom stereocenters. The van der Waals surface area contributed by atoms with Gasteiger partial charge >= 0.3 is 5.97 Å². The summed E-state index contributed by atoms with van der Waals surface area (Å²) in [6, 6.07) is -0.263. The van der Waals surface area contributed by atoms with Gasteiger partial charge in [0, 0.05) is 6.07 Å². The van der Waals surface area contributed by atoms with Crippen LogP contribution in [0.15, 0.2) is 17.1 Å². The Kier molecular flexibility index (Phi) is 3.51. The molecule has 20 heavy (non-hydrogen) atoms. The van der Waals surface area contributed by atoms with Crippen LogP contribution in [0.3, 0.4) is 0 Å². The van der Waals surface area contributed by atoms with Crippen LogP contribution in [0.25, 0.3) is 0 Å². The van der Waals surface area contributed by atoms with Crippen molar-refractivity contribution in [3.05, 3.63) is 38.3 Å². The fourth-order valence-corrected chi connectivity index (χ4v) is 1.78. The summed E-state index contributed by atoms with van der Waals surface area (Å²) in [5.74, 6) is -2.29. The van der Waals surface area contributed by atoms with Crippen molar-refractivity contribution in [3.63, 3.8) is 0 Å². The van der Waals surface area contributed by atoms with Crippen molar-refractivity contribution >= 4 is 17.6 Å². The van der Waals surface area contributed by atoms with Gasteiger partial charge in [-0.1, -0.05) is 0 Å². The Morgan fingerprint density at radius 3 is 2.65 bits per heavy atom. The number of aromatic nitrogens is 1. The van der Waals surface area contributed by atoms with Crippen LogP contribution in [-0.4, -0.2) is 32.9 Å². The third kappa shape index (κ3) is 2.82. The first kappa shape index (κ1) is 13.7. The molecule has 1 fully saturated rings. The number of aliphatic carboxylic acids is 1. The highest BCUT2D eigenvalue weighted by Gasteiger charge is 2.37. The summed E-state index contributed by atoms with van der Waals surface area (Å²) < 4.78 is 0. The zero-order chi connectivity index (χ0) is 14.9. The fourth-order valence-electron chi connectivity index (χ4n) is 1.78. The first-order valence-electron chi connectivity index (χ1n) is 5.81. The van der Waals surface area contributed by atoms with Crippen molar-refractivity contribution < 1.29 is 19.6 Å². The number of carbonyl (C=O) groups is 2. The standard InChI is InChI=1S/C11H11N3O6/c15-9-7(3-6(4-12-9)14(19)20)10(16)13-8(11(17)18)5-1-2-5/h3-5,8H,1-2H2,(H,12,15)(H,13,16)(H,17,18). The summed E-state index contributed by atoms with van der Waals surface area (Å²) in [5, 5.41) is 21.8. The summed E-state index contributed by atoms with van der Waals surface area (Å²) >= 11 is 0. The number of rotatable bonds is 5. The largest absolute Gasteiger partial charge is 0.480 e. The number of nitro groups is 1. The maximum atomic E-state index is 11.9. The molecule has 1 saturated carbocycles. The van der Waals surface area contributed by atoms with Gasteiger partial charge in [0.2, 0.25) is 0 Å². The molecule has 0 saturated heterocycles. The molecule has 1 aliphatic rings. The first-order valence-corrected chi connectivity index (χ1v) is 5.81. The van der Waals surface area contributed by atoms with Crippen LogP contribution in [0.2, 0.25) is 0 Å². The Labute approximate surface area is 111 Å². The lowest BCUT2D eigenvalue weighted by molar-refractivity contribution is -0.385. The first-order chi connectivity index (χ1) is 9.40. The van der Waals surface area contributed by atoms with E-state index in [0.717, 1.165) is 12.3 Å². The number of aromatic amines is 1. The zero-order valence-corrected chi connectivity index (χ0v) is 10.2. The van der Waals surface area contributed by atoms with Gasteiger partial charge < -0.3 is 15.4 Å². The number of nitrogens with zero attached hydrogens (tertiary/aromatic N) is 1. The number of carboxylic acid groups (broad SMARTS) is 1. The molecule has 3 N–H and O–H groups in total. The van der Waals surface area contributed by atoms with E-state index in [1.165, 1.54) is 0 Å². The second kappa shape index (κ2) is 5.11. The van der Waals surface area contributed by atoms with Gasteiger partial charge in [-0.2, -0.15) is 0 Å². The highest BCUT2D eigenvalue weighted by molar-refractivity contribution is 5.96. The molecular formula is C11H11N3O6. The molecule has 0 radical (unpaired) electrons. The Hall–Kier alpha value is -2.71. The number of carboxylic acids is 1.